The molecule has 2 rings (SSSR count). The van der Waals surface area contributed by atoms with E-state index in [9.17, 15) is 4.79 Å². The zero-order valence-corrected chi connectivity index (χ0v) is 12.2. The van der Waals surface area contributed by atoms with E-state index in [-0.39, 0.29) is 17.1 Å². The summed E-state index contributed by atoms with van der Waals surface area (Å²) in [6, 6.07) is 0.307. The minimum atomic E-state index is -0.218. The highest BCUT2D eigenvalue weighted by molar-refractivity contribution is 8.00. The third-order valence-electron chi connectivity index (χ3n) is 3.57. The molecule has 1 fully saturated rings. The summed E-state index contributed by atoms with van der Waals surface area (Å²) in [7, 11) is 0. The number of nitrogens with one attached hydrogen (secondary N) is 2. The topological polar surface area (TPSA) is 96.7 Å². The molecule has 19 heavy (non-hydrogen) atoms. The highest BCUT2D eigenvalue weighted by atomic mass is 32.2. The Labute approximate surface area is 117 Å². The molecular weight excluding hydrogens is 262 g/mol. The van der Waals surface area contributed by atoms with Gasteiger partial charge in [0.05, 0.1) is 5.25 Å². The standard InChI is InChI=1S/C12H21N5OS/c1-7-5-3-4-6-9(7)14-10(18)8(2)19-12-15-11(13)16-17-12/h7-9H,3-6H2,1-2H3,(H,14,18)(H3,13,15,16,17)/t7-,8-,9+/m1/s1. The molecule has 1 aliphatic rings. The molecule has 0 bridgehead atoms. The number of H-pyrrole nitrogens is 1. The fourth-order valence-corrected chi connectivity index (χ4v) is 3.09. The normalized spacial score (nSPS) is 24.9. The zero-order valence-electron chi connectivity index (χ0n) is 11.3. The second-order valence-corrected chi connectivity index (χ2v) is 6.45. The first-order chi connectivity index (χ1) is 9.06. The average Bonchev–Trinajstić information content (AvgIpc) is 2.77. The van der Waals surface area contributed by atoms with Crippen LogP contribution in [0.15, 0.2) is 5.16 Å². The Kier molecular flexibility index (Phi) is 4.68. The Hall–Kier alpha value is -1.24. The fourth-order valence-electron chi connectivity index (χ4n) is 2.35. The zero-order chi connectivity index (χ0) is 13.8. The van der Waals surface area contributed by atoms with Crippen LogP contribution in [0, 0.1) is 5.92 Å². The molecule has 3 atom stereocenters. The molecule has 0 aromatic carbocycles. The maximum Gasteiger partial charge on any atom is 0.233 e. The van der Waals surface area contributed by atoms with Crippen LogP contribution in [0.4, 0.5) is 5.95 Å². The molecule has 1 saturated carbocycles. The third kappa shape index (κ3) is 3.86. The highest BCUT2D eigenvalue weighted by Crippen LogP contribution is 2.25. The van der Waals surface area contributed by atoms with E-state index in [0.29, 0.717) is 17.1 Å². The van der Waals surface area contributed by atoms with Crippen LogP contribution in [0.3, 0.4) is 0 Å². The van der Waals surface area contributed by atoms with E-state index in [1.54, 1.807) is 0 Å². The molecular formula is C12H21N5OS. The lowest BCUT2D eigenvalue weighted by Crippen LogP contribution is -2.44. The quantitative estimate of drug-likeness (QED) is 0.729. The monoisotopic (exact) mass is 283 g/mol. The largest absolute Gasteiger partial charge is 0.368 e. The molecule has 0 aliphatic heterocycles. The van der Waals surface area contributed by atoms with Crippen molar-refractivity contribution in [3.63, 3.8) is 0 Å². The predicted molar refractivity (Wildman–Crippen MR) is 75.7 cm³/mol. The van der Waals surface area contributed by atoms with Crippen LogP contribution in [0.1, 0.15) is 39.5 Å². The summed E-state index contributed by atoms with van der Waals surface area (Å²) in [5, 5.41) is 9.92. The Morgan fingerprint density at radius 3 is 2.89 bits per heavy atom. The van der Waals surface area contributed by atoms with E-state index in [1.807, 2.05) is 6.92 Å². The highest BCUT2D eigenvalue weighted by Gasteiger charge is 2.25. The number of aromatic amines is 1. The maximum absolute atomic E-state index is 12.1. The molecule has 4 N–H and O–H groups in total. The van der Waals surface area contributed by atoms with Gasteiger partial charge in [0.15, 0.2) is 0 Å². The molecule has 1 heterocycles. The van der Waals surface area contributed by atoms with Crippen molar-refractivity contribution in [2.24, 2.45) is 5.92 Å². The molecule has 0 saturated heterocycles. The molecule has 7 heteroatoms. The number of nitrogens with zero attached hydrogens (tertiary/aromatic N) is 2. The van der Waals surface area contributed by atoms with Gasteiger partial charge in [0.1, 0.15) is 0 Å². The van der Waals surface area contributed by atoms with Gasteiger partial charge in [-0.05, 0) is 25.7 Å². The lowest BCUT2D eigenvalue weighted by atomic mass is 9.86. The van der Waals surface area contributed by atoms with Crippen LogP contribution in [-0.4, -0.2) is 32.4 Å². The number of rotatable bonds is 4. The first-order valence-electron chi connectivity index (χ1n) is 6.71. The van der Waals surface area contributed by atoms with Crippen molar-refractivity contribution in [1.82, 2.24) is 20.5 Å². The number of aromatic nitrogens is 3. The summed E-state index contributed by atoms with van der Waals surface area (Å²) in [6.07, 6.45) is 4.75. The van der Waals surface area contributed by atoms with Crippen LogP contribution < -0.4 is 11.1 Å². The van der Waals surface area contributed by atoms with Gasteiger partial charge in [0, 0.05) is 6.04 Å². The third-order valence-corrected chi connectivity index (χ3v) is 4.53. The molecule has 0 radical (unpaired) electrons. The average molecular weight is 283 g/mol. The van der Waals surface area contributed by atoms with Gasteiger partial charge < -0.3 is 11.1 Å². The van der Waals surface area contributed by atoms with Crippen molar-refractivity contribution in [3.8, 4) is 0 Å². The van der Waals surface area contributed by atoms with Gasteiger partial charge in [-0.1, -0.05) is 31.5 Å². The van der Waals surface area contributed by atoms with Crippen molar-refractivity contribution in [3.05, 3.63) is 0 Å². The number of hydrogen-bond acceptors (Lipinski definition) is 5. The van der Waals surface area contributed by atoms with Gasteiger partial charge in [0.25, 0.3) is 0 Å². The molecule has 0 unspecified atom stereocenters. The summed E-state index contributed by atoms with van der Waals surface area (Å²) in [6.45, 7) is 4.07. The summed E-state index contributed by atoms with van der Waals surface area (Å²) in [4.78, 5) is 16.1. The Morgan fingerprint density at radius 1 is 1.53 bits per heavy atom. The van der Waals surface area contributed by atoms with Crippen molar-refractivity contribution in [2.75, 3.05) is 5.73 Å². The molecule has 106 valence electrons. The number of anilines is 1. The number of amides is 1. The summed E-state index contributed by atoms with van der Waals surface area (Å²) in [5.74, 6) is 0.886. The van der Waals surface area contributed by atoms with E-state index < -0.39 is 0 Å². The second-order valence-electron chi connectivity index (χ2n) is 5.14. The number of hydrogen-bond donors (Lipinski definition) is 3. The molecule has 1 amide bonds. The number of thioether (sulfide) groups is 1. The van der Waals surface area contributed by atoms with Gasteiger partial charge in [-0.2, -0.15) is 4.98 Å². The van der Waals surface area contributed by atoms with Crippen LogP contribution in [0.25, 0.3) is 0 Å². The fraction of sp³-hybridized carbons (Fsp3) is 0.750. The SMILES string of the molecule is C[C@@H]1CCCC[C@@H]1NC(=O)[C@@H](C)Sc1n[nH]c(N)n1. The summed E-state index contributed by atoms with van der Waals surface area (Å²) >= 11 is 1.32. The number of carbonyl (C=O) groups excluding carboxylic acids is 1. The van der Waals surface area contributed by atoms with Gasteiger partial charge >= 0.3 is 0 Å². The molecule has 1 aromatic rings. The van der Waals surface area contributed by atoms with Crippen LogP contribution >= 0.6 is 11.8 Å². The Morgan fingerprint density at radius 2 is 2.26 bits per heavy atom. The van der Waals surface area contributed by atoms with Crippen molar-refractivity contribution < 1.29 is 4.79 Å². The van der Waals surface area contributed by atoms with Crippen molar-refractivity contribution in [2.45, 2.75) is 56.0 Å². The van der Waals surface area contributed by atoms with Crippen molar-refractivity contribution in [1.29, 1.82) is 0 Å². The van der Waals surface area contributed by atoms with Crippen LogP contribution in [0.5, 0.6) is 0 Å². The Bertz CT molecular complexity index is 436. The van der Waals surface area contributed by atoms with E-state index in [1.165, 1.54) is 31.0 Å². The Balaban J connectivity index is 1.85. The molecule has 0 spiro atoms. The summed E-state index contributed by atoms with van der Waals surface area (Å²) < 4.78 is 0. The molecule has 6 nitrogen and oxygen atoms in total. The number of nitrogens with two attached hydrogens (primary N) is 1. The molecule has 1 aliphatic carbocycles. The maximum atomic E-state index is 12.1. The summed E-state index contributed by atoms with van der Waals surface area (Å²) in [5.41, 5.74) is 5.45. The van der Waals surface area contributed by atoms with Crippen LogP contribution in [-0.2, 0) is 4.79 Å². The van der Waals surface area contributed by atoms with E-state index >= 15 is 0 Å². The second kappa shape index (κ2) is 6.27. The van der Waals surface area contributed by atoms with Gasteiger partial charge in [-0.25, -0.2) is 5.10 Å². The molecule has 1 aromatic heterocycles. The van der Waals surface area contributed by atoms with E-state index in [2.05, 4.69) is 27.4 Å². The smallest absolute Gasteiger partial charge is 0.233 e. The number of nitrogen functional groups attached to an aromatic ring is 1. The van der Waals surface area contributed by atoms with E-state index in [0.717, 1.165) is 6.42 Å². The first kappa shape index (κ1) is 14.2. The van der Waals surface area contributed by atoms with Gasteiger partial charge in [-0.3, -0.25) is 4.79 Å². The van der Waals surface area contributed by atoms with Crippen molar-refractivity contribution >= 4 is 23.6 Å². The first-order valence-corrected chi connectivity index (χ1v) is 7.59. The minimum absolute atomic E-state index is 0.0483. The number of carbonyl (C=O) groups is 1. The minimum Gasteiger partial charge on any atom is -0.368 e. The predicted octanol–water partition coefficient (Wildman–Crippen LogP) is 1.56. The lowest BCUT2D eigenvalue weighted by molar-refractivity contribution is -0.121. The van der Waals surface area contributed by atoms with E-state index in [4.69, 9.17) is 5.73 Å². The lowest BCUT2D eigenvalue weighted by Gasteiger charge is -2.30. The van der Waals surface area contributed by atoms with Gasteiger partial charge in [0.2, 0.25) is 17.0 Å². The van der Waals surface area contributed by atoms with Crippen LogP contribution in [0.2, 0.25) is 0 Å². The van der Waals surface area contributed by atoms with Gasteiger partial charge in [-0.15, -0.1) is 5.10 Å².